The van der Waals surface area contributed by atoms with Crippen molar-refractivity contribution in [1.82, 2.24) is 15.3 Å². The maximum absolute atomic E-state index is 12.2. The standard InChI is InChI=1S/C13H21N3O2S/c1-8(5-6-17)7-14-12(18)11-9(2)15-10(3)16-13(11)19-4/h8,17H,5-7H2,1-4H3,(H,14,18). The molecule has 0 aliphatic rings. The van der Waals surface area contributed by atoms with E-state index in [4.69, 9.17) is 5.11 Å². The summed E-state index contributed by atoms with van der Waals surface area (Å²) in [5.41, 5.74) is 1.25. The highest BCUT2D eigenvalue weighted by atomic mass is 32.2. The van der Waals surface area contributed by atoms with Crippen LogP contribution in [-0.4, -0.2) is 40.4 Å². The van der Waals surface area contributed by atoms with Crippen LogP contribution < -0.4 is 5.32 Å². The van der Waals surface area contributed by atoms with Gasteiger partial charge >= 0.3 is 0 Å². The van der Waals surface area contributed by atoms with Crippen molar-refractivity contribution >= 4 is 17.7 Å². The van der Waals surface area contributed by atoms with E-state index in [1.165, 1.54) is 11.8 Å². The zero-order valence-corrected chi connectivity index (χ0v) is 12.7. The van der Waals surface area contributed by atoms with Crippen LogP contribution in [0.5, 0.6) is 0 Å². The number of rotatable bonds is 6. The summed E-state index contributed by atoms with van der Waals surface area (Å²) in [5, 5.41) is 12.4. The Bertz CT molecular complexity index is 452. The number of amides is 1. The Hall–Kier alpha value is -1.14. The van der Waals surface area contributed by atoms with E-state index in [9.17, 15) is 4.79 Å². The molecule has 0 radical (unpaired) electrons. The molecular formula is C13H21N3O2S. The number of hydrogen-bond donors (Lipinski definition) is 2. The minimum Gasteiger partial charge on any atom is -0.396 e. The highest BCUT2D eigenvalue weighted by Crippen LogP contribution is 2.20. The van der Waals surface area contributed by atoms with Crippen LogP contribution in [0.25, 0.3) is 0 Å². The molecule has 2 N–H and O–H groups in total. The Morgan fingerprint density at radius 3 is 2.68 bits per heavy atom. The molecule has 1 aromatic rings. The molecule has 1 atom stereocenters. The van der Waals surface area contributed by atoms with Crippen molar-refractivity contribution < 1.29 is 9.90 Å². The van der Waals surface area contributed by atoms with E-state index >= 15 is 0 Å². The lowest BCUT2D eigenvalue weighted by atomic mass is 10.1. The third kappa shape index (κ3) is 4.47. The Morgan fingerprint density at radius 1 is 1.42 bits per heavy atom. The molecular weight excluding hydrogens is 262 g/mol. The molecule has 0 aliphatic carbocycles. The number of nitrogens with zero attached hydrogens (tertiary/aromatic N) is 2. The fourth-order valence-electron chi connectivity index (χ4n) is 1.77. The molecule has 19 heavy (non-hydrogen) atoms. The van der Waals surface area contributed by atoms with Gasteiger partial charge < -0.3 is 10.4 Å². The first-order valence-corrected chi connectivity index (χ1v) is 7.50. The van der Waals surface area contributed by atoms with E-state index in [0.29, 0.717) is 35.1 Å². The third-order valence-corrected chi connectivity index (χ3v) is 3.50. The lowest BCUT2D eigenvalue weighted by molar-refractivity contribution is 0.0940. The maximum atomic E-state index is 12.2. The number of aliphatic hydroxyl groups excluding tert-OH is 1. The zero-order valence-electron chi connectivity index (χ0n) is 11.9. The highest BCUT2D eigenvalue weighted by molar-refractivity contribution is 7.98. The Balaban J connectivity index is 2.82. The number of aryl methyl sites for hydroxylation is 2. The van der Waals surface area contributed by atoms with Gasteiger partial charge in [-0.05, 0) is 32.4 Å². The molecule has 0 bridgehead atoms. The highest BCUT2D eigenvalue weighted by Gasteiger charge is 2.17. The number of thioether (sulfide) groups is 1. The van der Waals surface area contributed by atoms with Gasteiger partial charge in [-0.1, -0.05) is 6.92 Å². The van der Waals surface area contributed by atoms with Crippen LogP contribution >= 0.6 is 11.8 Å². The second-order valence-electron chi connectivity index (χ2n) is 4.57. The summed E-state index contributed by atoms with van der Waals surface area (Å²) >= 11 is 1.44. The van der Waals surface area contributed by atoms with Gasteiger partial charge in [-0.15, -0.1) is 11.8 Å². The molecule has 0 spiro atoms. The lowest BCUT2D eigenvalue weighted by Gasteiger charge is -2.14. The van der Waals surface area contributed by atoms with Crippen LogP contribution in [-0.2, 0) is 0 Å². The predicted octanol–water partition coefficient (Wildman–Crippen LogP) is 1.56. The summed E-state index contributed by atoms with van der Waals surface area (Å²) in [6.07, 6.45) is 2.57. The summed E-state index contributed by atoms with van der Waals surface area (Å²) < 4.78 is 0. The Labute approximate surface area is 118 Å². The van der Waals surface area contributed by atoms with E-state index in [1.54, 1.807) is 0 Å². The largest absolute Gasteiger partial charge is 0.396 e. The van der Waals surface area contributed by atoms with Crippen molar-refractivity contribution in [1.29, 1.82) is 0 Å². The van der Waals surface area contributed by atoms with Gasteiger partial charge in [-0.25, -0.2) is 9.97 Å². The zero-order chi connectivity index (χ0) is 14.4. The first kappa shape index (κ1) is 15.9. The van der Waals surface area contributed by atoms with Crippen molar-refractivity contribution in [3.8, 4) is 0 Å². The first-order valence-electron chi connectivity index (χ1n) is 6.27. The molecule has 0 aliphatic heterocycles. The fourth-order valence-corrected chi connectivity index (χ4v) is 2.44. The number of carbonyl (C=O) groups is 1. The van der Waals surface area contributed by atoms with Gasteiger partial charge in [0, 0.05) is 13.2 Å². The van der Waals surface area contributed by atoms with Crippen LogP contribution in [0.2, 0.25) is 0 Å². The van der Waals surface area contributed by atoms with Gasteiger partial charge in [0.2, 0.25) is 0 Å². The molecule has 1 heterocycles. The van der Waals surface area contributed by atoms with Gasteiger partial charge in [0.05, 0.1) is 11.3 Å². The molecule has 0 saturated heterocycles. The van der Waals surface area contributed by atoms with Gasteiger partial charge in [0.1, 0.15) is 10.9 Å². The van der Waals surface area contributed by atoms with Crippen LogP contribution in [0.15, 0.2) is 5.03 Å². The van der Waals surface area contributed by atoms with E-state index in [0.717, 1.165) is 0 Å². The number of aromatic nitrogens is 2. The number of nitrogens with one attached hydrogen (secondary N) is 1. The Morgan fingerprint density at radius 2 is 2.11 bits per heavy atom. The van der Waals surface area contributed by atoms with Crippen molar-refractivity contribution in [2.45, 2.75) is 32.2 Å². The van der Waals surface area contributed by atoms with Crippen molar-refractivity contribution in [2.24, 2.45) is 5.92 Å². The first-order chi connectivity index (χ1) is 8.99. The average molecular weight is 283 g/mol. The summed E-state index contributed by atoms with van der Waals surface area (Å²) in [6.45, 7) is 6.31. The molecule has 5 nitrogen and oxygen atoms in total. The van der Waals surface area contributed by atoms with Crippen LogP contribution in [0.1, 0.15) is 35.2 Å². The number of hydrogen-bond acceptors (Lipinski definition) is 5. The van der Waals surface area contributed by atoms with E-state index in [2.05, 4.69) is 15.3 Å². The minimum atomic E-state index is -0.147. The third-order valence-electron chi connectivity index (χ3n) is 2.82. The second kappa shape index (κ2) is 7.45. The van der Waals surface area contributed by atoms with E-state index in [-0.39, 0.29) is 18.4 Å². The van der Waals surface area contributed by atoms with Gasteiger partial charge in [0.25, 0.3) is 5.91 Å². The SMILES string of the molecule is CSc1nc(C)nc(C)c1C(=O)NCC(C)CCO. The molecule has 1 aromatic heterocycles. The van der Waals surface area contributed by atoms with Crippen LogP contribution in [0, 0.1) is 19.8 Å². The molecule has 1 amide bonds. The van der Waals surface area contributed by atoms with Crippen LogP contribution in [0.4, 0.5) is 0 Å². The van der Waals surface area contributed by atoms with Crippen molar-refractivity contribution in [3.63, 3.8) is 0 Å². The molecule has 1 rings (SSSR count). The normalized spacial score (nSPS) is 12.3. The summed E-state index contributed by atoms with van der Waals surface area (Å²) in [5.74, 6) is 0.775. The molecule has 6 heteroatoms. The fraction of sp³-hybridized carbons (Fsp3) is 0.615. The second-order valence-corrected chi connectivity index (χ2v) is 5.36. The van der Waals surface area contributed by atoms with Gasteiger partial charge in [0.15, 0.2) is 0 Å². The average Bonchev–Trinajstić information content (AvgIpc) is 2.35. The topological polar surface area (TPSA) is 75.1 Å². The quantitative estimate of drug-likeness (QED) is 0.612. The lowest BCUT2D eigenvalue weighted by Crippen LogP contribution is -2.30. The maximum Gasteiger partial charge on any atom is 0.255 e. The summed E-state index contributed by atoms with van der Waals surface area (Å²) in [6, 6.07) is 0. The molecule has 0 aromatic carbocycles. The minimum absolute atomic E-state index is 0.139. The number of carbonyl (C=O) groups excluding carboxylic acids is 1. The molecule has 0 fully saturated rings. The van der Waals surface area contributed by atoms with E-state index in [1.807, 2.05) is 27.0 Å². The summed E-state index contributed by atoms with van der Waals surface area (Å²) in [4.78, 5) is 20.7. The monoisotopic (exact) mass is 283 g/mol. The van der Waals surface area contributed by atoms with Crippen molar-refractivity contribution in [2.75, 3.05) is 19.4 Å². The van der Waals surface area contributed by atoms with Gasteiger partial charge in [-0.2, -0.15) is 0 Å². The molecule has 106 valence electrons. The molecule has 1 unspecified atom stereocenters. The summed E-state index contributed by atoms with van der Waals surface area (Å²) in [7, 11) is 0. The van der Waals surface area contributed by atoms with Crippen molar-refractivity contribution in [3.05, 3.63) is 17.1 Å². The Kier molecular flexibility index (Phi) is 6.24. The molecule has 0 saturated carbocycles. The van der Waals surface area contributed by atoms with E-state index < -0.39 is 0 Å². The smallest absolute Gasteiger partial charge is 0.255 e. The van der Waals surface area contributed by atoms with Crippen LogP contribution in [0.3, 0.4) is 0 Å². The van der Waals surface area contributed by atoms with Gasteiger partial charge in [-0.3, -0.25) is 4.79 Å². The number of aliphatic hydroxyl groups is 1. The predicted molar refractivity (Wildman–Crippen MR) is 76.5 cm³/mol.